The van der Waals surface area contributed by atoms with Crippen molar-refractivity contribution in [1.29, 1.82) is 0 Å². The number of aliphatic hydroxyl groups excluding tert-OH is 3. The minimum absolute atomic E-state index is 0.0130. The summed E-state index contributed by atoms with van der Waals surface area (Å²) in [5, 5.41) is 29.8. The fourth-order valence-corrected chi connectivity index (χ4v) is 5.76. The van der Waals surface area contributed by atoms with Gasteiger partial charge in [0.25, 0.3) is 0 Å². The number of fused-ring (bicyclic) bond motifs is 1. The van der Waals surface area contributed by atoms with Crippen molar-refractivity contribution in [1.82, 2.24) is 19.5 Å². The van der Waals surface area contributed by atoms with Crippen LogP contribution in [-0.2, 0) is 13.9 Å². The van der Waals surface area contributed by atoms with Crippen LogP contribution in [-0.4, -0.2) is 86.9 Å². The lowest BCUT2D eigenvalue weighted by Crippen LogP contribution is -2.45. The Bertz CT molecular complexity index is 998. The molecule has 5 N–H and O–H groups in total. The lowest BCUT2D eigenvalue weighted by Gasteiger charge is -2.39. The summed E-state index contributed by atoms with van der Waals surface area (Å²) < 4.78 is 21.0. The highest BCUT2D eigenvalue weighted by Gasteiger charge is 2.47. The number of hydrogen-bond donors (Lipinski definition) is 4. The van der Waals surface area contributed by atoms with E-state index in [1.807, 2.05) is 4.57 Å². The summed E-state index contributed by atoms with van der Waals surface area (Å²) in [4.78, 5) is 12.8. The number of ether oxygens (including phenoxy) is 2. The van der Waals surface area contributed by atoms with Crippen LogP contribution in [0.3, 0.4) is 0 Å². The number of aromatic nitrogens is 4. The first-order chi connectivity index (χ1) is 15.9. The topological polar surface area (TPSA) is 158 Å². The molecule has 0 radical (unpaired) electrons. The van der Waals surface area contributed by atoms with Crippen molar-refractivity contribution in [3.05, 3.63) is 12.7 Å². The van der Waals surface area contributed by atoms with E-state index in [0.717, 1.165) is 0 Å². The molecule has 2 aliphatic rings. The maximum atomic E-state index is 10.3. The Balaban J connectivity index is 1.54. The van der Waals surface area contributed by atoms with E-state index < -0.39 is 38.8 Å². The molecule has 4 rings (SSSR count). The van der Waals surface area contributed by atoms with Crippen LogP contribution in [0.1, 0.15) is 39.8 Å². The van der Waals surface area contributed by atoms with Crippen LogP contribution in [0.5, 0.6) is 0 Å². The van der Waals surface area contributed by atoms with Crippen molar-refractivity contribution in [3.63, 3.8) is 0 Å². The van der Waals surface area contributed by atoms with E-state index >= 15 is 0 Å². The molecule has 34 heavy (non-hydrogen) atoms. The standard InChI is InChI=1S/C22H37N5O6Si/c1-22(2,3)34(4,5)33-15-7-13(9-31-14-6-12(8-28)17(29)18(14)30)32-21(15)27-11-26-16-19(23)24-10-25-20(16)27/h10-15,17-18,21,28-30H,6-9H2,1-5H3,(H2,23,24,25)/t12?,13-,14?,15?,17?,18?,21+/m0/s1. The van der Waals surface area contributed by atoms with Gasteiger partial charge in [0.15, 0.2) is 26.0 Å². The number of nitrogen functional groups attached to an aromatic ring is 1. The lowest BCUT2D eigenvalue weighted by molar-refractivity contribution is -0.0987. The van der Waals surface area contributed by atoms with Gasteiger partial charge in [-0.25, -0.2) is 15.0 Å². The van der Waals surface area contributed by atoms with Gasteiger partial charge in [-0.1, -0.05) is 20.8 Å². The van der Waals surface area contributed by atoms with E-state index in [2.05, 4.69) is 48.8 Å². The monoisotopic (exact) mass is 495 g/mol. The molecule has 0 aromatic carbocycles. The molecule has 3 heterocycles. The zero-order valence-corrected chi connectivity index (χ0v) is 21.5. The van der Waals surface area contributed by atoms with Crippen LogP contribution in [0.15, 0.2) is 12.7 Å². The average molecular weight is 496 g/mol. The van der Waals surface area contributed by atoms with Gasteiger partial charge in [0.2, 0.25) is 0 Å². The van der Waals surface area contributed by atoms with Crippen LogP contribution in [0.25, 0.3) is 11.2 Å². The first-order valence-corrected chi connectivity index (χ1v) is 14.7. The second-order valence-electron chi connectivity index (χ2n) is 10.9. The Labute approximate surface area is 200 Å². The van der Waals surface area contributed by atoms with Crippen molar-refractivity contribution in [2.75, 3.05) is 18.9 Å². The van der Waals surface area contributed by atoms with Crippen molar-refractivity contribution >= 4 is 25.3 Å². The summed E-state index contributed by atoms with van der Waals surface area (Å²) in [5.74, 6) is -0.0925. The number of imidazole rings is 1. The van der Waals surface area contributed by atoms with Gasteiger partial charge in [-0.15, -0.1) is 0 Å². The Kier molecular flexibility index (Phi) is 7.04. The van der Waals surface area contributed by atoms with Crippen molar-refractivity contribution in [2.45, 2.75) is 88.5 Å². The Morgan fingerprint density at radius 3 is 2.53 bits per heavy atom. The highest BCUT2D eigenvalue weighted by molar-refractivity contribution is 6.74. The van der Waals surface area contributed by atoms with Gasteiger partial charge in [-0.05, 0) is 24.6 Å². The molecule has 0 amide bonds. The molecular weight excluding hydrogens is 458 g/mol. The SMILES string of the molecule is CC(C)(C)[Si](C)(C)OC1C[C@@H](COC2CC(CO)C(O)C2O)O[C@H]1n1cnc2c(N)ncnc21. The molecule has 12 heteroatoms. The van der Waals surface area contributed by atoms with Crippen LogP contribution in [0.2, 0.25) is 18.1 Å². The third-order valence-electron chi connectivity index (χ3n) is 7.54. The van der Waals surface area contributed by atoms with E-state index in [1.54, 1.807) is 6.33 Å². The number of nitrogens with two attached hydrogens (primary N) is 1. The molecule has 5 unspecified atom stereocenters. The molecule has 1 saturated carbocycles. The Morgan fingerprint density at radius 2 is 1.88 bits per heavy atom. The number of anilines is 1. The largest absolute Gasteiger partial charge is 0.409 e. The molecule has 190 valence electrons. The molecule has 1 aliphatic carbocycles. The number of rotatable bonds is 7. The minimum Gasteiger partial charge on any atom is -0.409 e. The van der Waals surface area contributed by atoms with Gasteiger partial charge in [0.1, 0.15) is 17.9 Å². The molecule has 7 atom stereocenters. The van der Waals surface area contributed by atoms with E-state index in [1.165, 1.54) is 6.33 Å². The van der Waals surface area contributed by atoms with Crippen molar-refractivity contribution in [3.8, 4) is 0 Å². The summed E-state index contributed by atoms with van der Waals surface area (Å²) >= 11 is 0. The molecule has 1 saturated heterocycles. The van der Waals surface area contributed by atoms with Gasteiger partial charge in [-0.3, -0.25) is 4.57 Å². The Hall–Kier alpha value is -1.67. The Morgan fingerprint density at radius 1 is 1.15 bits per heavy atom. The van der Waals surface area contributed by atoms with E-state index in [-0.39, 0.29) is 30.5 Å². The molecule has 0 spiro atoms. The normalized spacial score (nSPS) is 32.6. The lowest BCUT2D eigenvalue weighted by atomic mass is 10.1. The number of aliphatic hydroxyl groups is 3. The molecular formula is C22H37N5O6Si. The summed E-state index contributed by atoms with van der Waals surface area (Å²) in [6.07, 6.45) is 0.403. The molecule has 1 aliphatic heterocycles. The maximum Gasteiger partial charge on any atom is 0.192 e. The maximum absolute atomic E-state index is 10.3. The summed E-state index contributed by atoms with van der Waals surface area (Å²) in [5.41, 5.74) is 7.06. The van der Waals surface area contributed by atoms with Crippen LogP contribution < -0.4 is 5.73 Å². The number of hydrogen-bond acceptors (Lipinski definition) is 10. The molecule has 2 aromatic rings. The third kappa shape index (κ3) is 4.72. The predicted octanol–water partition coefficient (Wildman–Crippen LogP) is 1.21. The fourth-order valence-electron chi connectivity index (χ4n) is 4.44. The van der Waals surface area contributed by atoms with Gasteiger partial charge < -0.3 is 35.0 Å². The van der Waals surface area contributed by atoms with Gasteiger partial charge in [-0.2, -0.15) is 0 Å². The van der Waals surface area contributed by atoms with Crippen LogP contribution in [0, 0.1) is 5.92 Å². The molecule has 0 bridgehead atoms. The van der Waals surface area contributed by atoms with Crippen molar-refractivity contribution < 1.29 is 29.2 Å². The van der Waals surface area contributed by atoms with Crippen LogP contribution >= 0.6 is 0 Å². The number of nitrogens with zero attached hydrogens (tertiary/aromatic N) is 4. The first-order valence-electron chi connectivity index (χ1n) is 11.8. The second-order valence-corrected chi connectivity index (χ2v) is 15.7. The predicted molar refractivity (Wildman–Crippen MR) is 127 cm³/mol. The second kappa shape index (κ2) is 9.41. The van der Waals surface area contributed by atoms with E-state index in [0.29, 0.717) is 29.8 Å². The fraction of sp³-hybridized carbons (Fsp3) is 0.773. The van der Waals surface area contributed by atoms with E-state index in [4.69, 9.17) is 19.6 Å². The quantitative estimate of drug-likeness (QED) is 0.411. The van der Waals surface area contributed by atoms with Crippen LogP contribution in [0.4, 0.5) is 5.82 Å². The van der Waals surface area contributed by atoms with Gasteiger partial charge in [0, 0.05) is 18.9 Å². The molecule has 2 aromatic heterocycles. The minimum atomic E-state index is -2.13. The summed E-state index contributed by atoms with van der Waals surface area (Å²) in [6.45, 7) is 11.0. The summed E-state index contributed by atoms with van der Waals surface area (Å²) in [7, 11) is -2.13. The molecule has 11 nitrogen and oxygen atoms in total. The zero-order valence-electron chi connectivity index (χ0n) is 20.5. The highest BCUT2D eigenvalue weighted by atomic mass is 28.4. The van der Waals surface area contributed by atoms with E-state index in [9.17, 15) is 15.3 Å². The third-order valence-corrected chi connectivity index (χ3v) is 12.0. The van der Waals surface area contributed by atoms with Crippen molar-refractivity contribution in [2.24, 2.45) is 5.92 Å². The molecule has 2 fully saturated rings. The summed E-state index contributed by atoms with van der Waals surface area (Å²) in [6, 6.07) is 0. The first kappa shape index (κ1) is 25.4. The van der Waals surface area contributed by atoms with Gasteiger partial charge in [0.05, 0.1) is 37.4 Å². The average Bonchev–Trinajstić information content (AvgIpc) is 3.43. The highest BCUT2D eigenvalue weighted by Crippen LogP contribution is 2.42. The smallest absolute Gasteiger partial charge is 0.192 e. The van der Waals surface area contributed by atoms with Gasteiger partial charge >= 0.3 is 0 Å². The zero-order chi connectivity index (χ0) is 24.8.